The molecule has 72 valence electrons. The number of hydrogen-bond acceptors (Lipinski definition) is 3. The van der Waals surface area contributed by atoms with E-state index in [0.717, 1.165) is 10.2 Å². The van der Waals surface area contributed by atoms with Crippen molar-refractivity contribution in [1.29, 1.82) is 5.26 Å². The van der Waals surface area contributed by atoms with Gasteiger partial charge in [0.25, 0.3) is 0 Å². The summed E-state index contributed by atoms with van der Waals surface area (Å²) in [6, 6.07) is 7.32. The second-order valence-corrected chi connectivity index (χ2v) is 3.87. The maximum absolute atomic E-state index is 8.74. The Morgan fingerprint density at radius 3 is 2.93 bits per heavy atom. The van der Waals surface area contributed by atoms with Crippen LogP contribution in [0.3, 0.4) is 0 Å². The van der Waals surface area contributed by atoms with Crippen LogP contribution in [0.4, 0.5) is 11.4 Å². The molecule has 0 fully saturated rings. The fourth-order valence-electron chi connectivity index (χ4n) is 1.01. The third-order valence-corrected chi connectivity index (χ3v) is 1.98. The van der Waals surface area contributed by atoms with E-state index in [1.807, 2.05) is 12.1 Å². The summed E-state index contributed by atoms with van der Waals surface area (Å²) in [5.74, 6) is 0. The molecule has 0 heterocycles. The largest absolute Gasteiger partial charge is 0.396 e. The zero-order valence-electron chi connectivity index (χ0n) is 7.55. The Morgan fingerprint density at radius 2 is 2.36 bits per heavy atom. The number of hydrogen-bond donors (Lipinski definition) is 2. The quantitative estimate of drug-likeness (QED) is 0.812. The molecule has 0 aromatic heterocycles. The van der Waals surface area contributed by atoms with E-state index in [9.17, 15) is 0 Å². The topological polar surface area (TPSA) is 61.8 Å². The molecule has 0 unspecified atom stereocenters. The second kappa shape index (κ2) is 4.68. The van der Waals surface area contributed by atoms with Crippen LogP contribution in [-0.2, 0) is 0 Å². The third-order valence-electron chi connectivity index (χ3n) is 1.70. The SMILES string of the molecule is C=C(Br)CNc1cccc(C#N)c1N. The number of nitrogens with two attached hydrogens (primary N) is 1. The summed E-state index contributed by atoms with van der Waals surface area (Å²) >= 11 is 3.23. The number of rotatable bonds is 3. The molecule has 3 nitrogen and oxygen atoms in total. The average Bonchev–Trinajstić information content (AvgIpc) is 2.16. The molecule has 1 rings (SSSR count). The molecule has 0 spiro atoms. The van der Waals surface area contributed by atoms with Gasteiger partial charge in [0.15, 0.2) is 0 Å². The standard InChI is InChI=1S/C10H10BrN3/c1-7(11)6-14-9-4-2-3-8(5-12)10(9)13/h2-4,14H,1,6,13H2. The summed E-state index contributed by atoms with van der Waals surface area (Å²) in [4.78, 5) is 0. The minimum Gasteiger partial charge on any atom is -0.396 e. The van der Waals surface area contributed by atoms with Crippen molar-refractivity contribution >= 4 is 27.3 Å². The van der Waals surface area contributed by atoms with Crippen molar-refractivity contribution in [3.8, 4) is 6.07 Å². The van der Waals surface area contributed by atoms with Crippen molar-refractivity contribution in [3.05, 3.63) is 34.8 Å². The Kier molecular flexibility index (Phi) is 3.55. The number of nitrogens with one attached hydrogen (secondary N) is 1. The summed E-state index contributed by atoms with van der Waals surface area (Å²) < 4.78 is 0.833. The summed E-state index contributed by atoms with van der Waals surface area (Å²) in [5.41, 5.74) is 7.46. The molecule has 1 aromatic rings. The van der Waals surface area contributed by atoms with Crippen LogP contribution in [0.25, 0.3) is 0 Å². The Morgan fingerprint density at radius 1 is 1.64 bits per heavy atom. The Hall–Kier alpha value is -1.47. The molecule has 4 heteroatoms. The maximum atomic E-state index is 8.74. The highest BCUT2D eigenvalue weighted by molar-refractivity contribution is 9.11. The van der Waals surface area contributed by atoms with Crippen molar-refractivity contribution in [1.82, 2.24) is 0 Å². The molecule has 0 radical (unpaired) electrons. The van der Waals surface area contributed by atoms with Crippen molar-refractivity contribution in [2.75, 3.05) is 17.6 Å². The lowest BCUT2D eigenvalue weighted by molar-refractivity contribution is 1.32. The third kappa shape index (κ3) is 2.51. The van der Waals surface area contributed by atoms with Crippen molar-refractivity contribution in [2.24, 2.45) is 0 Å². The maximum Gasteiger partial charge on any atom is 0.101 e. The van der Waals surface area contributed by atoms with E-state index in [1.165, 1.54) is 0 Å². The predicted molar refractivity (Wildman–Crippen MR) is 62.1 cm³/mol. The lowest BCUT2D eigenvalue weighted by atomic mass is 10.1. The zero-order valence-corrected chi connectivity index (χ0v) is 9.13. The number of nitrogens with zero attached hydrogens (tertiary/aromatic N) is 1. The average molecular weight is 252 g/mol. The van der Waals surface area contributed by atoms with E-state index in [-0.39, 0.29) is 0 Å². The predicted octanol–water partition coefficient (Wildman–Crippen LogP) is 2.46. The summed E-state index contributed by atoms with van der Waals surface area (Å²) in [7, 11) is 0. The van der Waals surface area contributed by atoms with Gasteiger partial charge in [-0.2, -0.15) is 5.26 Å². The molecule has 3 N–H and O–H groups in total. The molecule has 0 aliphatic carbocycles. The van der Waals surface area contributed by atoms with Crippen LogP contribution in [0.1, 0.15) is 5.56 Å². The second-order valence-electron chi connectivity index (χ2n) is 2.75. The van der Waals surface area contributed by atoms with Crippen LogP contribution >= 0.6 is 15.9 Å². The van der Waals surface area contributed by atoms with Crippen molar-refractivity contribution in [3.63, 3.8) is 0 Å². The van der Waals surface area contributed by atoms with E-state index in [1.54, 1.807) is 12.1 Å². The molecule has 0 atom stereocenters. The zero-order chi connectivity index (χ0) is 10.6. The highest BCUT2D eigenvalue weighted by Gasteiger charge is 2.02. The number of nitrogen functional groups attached to an aromatic ring is 1. The van der Waals surface area contributed by atoms with Crippen LogP contribution in [0.15, 0.2) is 29.3 Å². The van der Waals surface area contributed by atoms with Gasteiger partial charge in [-0.1, -0.05) is 28.6 Å². The monoisotopic (exact) mass is 251 g/mol. The molecule has 14 heavy (non-hydrogen) atoms. The van der Waals surface area contributed by atoms with Crippen LogP contribution < -0.4 is 11.1 Å². The van der Waals surface area contributed by atoms with E-state index >= 15 is 0 Å². The molecule has 1 aromatic carbocycles. The van der Waals surface area contributed by atoms with Crippen LogP contribution in [0.5, 0.6) is 0 Å². The van der Waals surface area contributed by atoms with Gasteiger partial charge in [-0.05, 0) is 12.1 Å². The summed E-state index contributed by atoms with van der Waals surface area (Å²) in [6.07, 6.45) is 0. The first-order valence-electron chi connectivity index (χ1n) is 4.01. The molecule has 0 saturated carbocycles. The molecular weight excluding hydrogens is 242 g/mol. The highest BCUT2D eigenvalue weighted by Crippen LogP contribution is 2.22. The number of para-hydroxylation sites is 1. The van der Waals surface area contributed by atoms with Gasteiger partial charge in [-0.25, -0.2) is 0 Å². The van der Waals surface area contributed by atoms with E-state index in [0.29, 0.717) is 17.8 Å². The fourth-order valence-corrected chi connectivity index (χ4v) is 1.15. The minimum absolute atomic E-state index is 0.476. The summed E-state index contributed by atoms with van der Waals surface area (Å²) in [5, 5.41) is 11.8. The van der Waals surface area contributed by atoms with Crippen LogP contribution in [-0.4, -0.2) is 6.54 Å². The molecular formula is C10H10BrN3. The van der Waals surface area contributed by atoms with E-state index in [4.69, 9.17) is 11.0 Å². The molecule has 0 aliphatic heterocycles. The van der Waals surface area contributed by atoms with Gasteiger partial charge in [-0.15, -0.1) is 0 Å². The number of nitriles is 1. The molecule has 0 bridgehead atoms. The van der Waals surface area contributed by atoms with Gasteiger partial charge < -0.3 is 11.1 Å². The van der Waals surface area contributed by atoms with Crippen LogP contribution in [0.2, 0.25) is 0 Å². The summed E-state index contributed by atoms with van der Waals surface area (Å²) in [6.45, 7) is 4.27. The number of halogens is 1. The minimum atomic E-state index is 0.476. The lowest BCUT2D eigenvalue weighted by Gasteiger charge is -2.08. The van der Waals surface area contributed by atoms with Gasteiger partial charge in [0, 0.05) is 11.0 Å². The lowest BCUT2D eigenvalue weighted by Crippen LogP contribution is -2.04. The smallest absolute Gasteiger partial charge is 0.101 e. The van der Waals surface area contributed by atoms with E-state index < -0.39 is 0 Å². The number of benzene rings is 1. The van der Waals surface area contributed by atoms with Crippen molar-refractivity contribution < 1.29 is 0 Å². The first-order valence-corrected chi connectivity index (χ1v) is 4.80. The van der Waals surface area contributed by atoms with Crippen molar-refractivity contribution in [2.45, 2.75) is 0 Å². The van der Waals surface area contributed by atoms with Gasteiger partial charge >= 0.3 is 0 Å². The Balaban J connectivity index is 2.88. The van der Waals surface area contributed by atoms with E-state index in [2.05, 4.69) is 27.8 Å². The van der Waals surface area contributed by atoms with Crippen LogP contribution in [0, 0.1) is 11.3 Å². The highest BCUT2D eigenvalue weighted by atomic mass is 79.9. The first kappa shape index (κ1) is 10.6. The number of anilines is 2. The molecule has 0 saturated heterocycles. The van der Waals surface area contributed by atoms with Gasteiger partial charge in [-0.3, -0.25) is 0 Å². The normalized spacial score (nSPS) is 9.14. The molecule has 0 amide bonds. The van der Waals surface area contributed by atoms with Gasteiger partial charge in [0.1, 0.15) is 6.07 Å². The Bertz CT molecular complexity index is 393. The first-order chi connectivity index (χ1) is 6.65. The molecule has 0 aliphatic rings. The Labute approximate surface area is 91.4 Å². The van der Waals surface area contributed by atoms with Gasteiger partial charge in [0.2, 0.25) is 0 Å². The fraction of sp³-hybridized carbons (Fsp3) is 0.100. The van der Waals surface area contributed by atoms with Gasteiger partial charge in [0.05, 0.1) is 16.9 Å².